The number of imidazole rings is 1. The van der Waals surface area contributed by atoms with E-state index in [1.165, 1.54) is 54.0 Å². The van der Waals surface area contributed by atoms with Gasteiger partial charge in [-0.05, 0) is 27.9 Å². The SMILES string of the molecule is CC(=O)SCCOP(=O)(OC[C@H]1O[C@@H](n2ccn3c(=O)nc(C)nc23)C(C)(O)[C@H]1O)N(C)C. The van der Waals surface area contributed by atoms with Crippen LogP contribution in [0.2, 0.25) is 0 Å². The number of aliphatic hydroxyl groups is 2. The highest BCUT2D eigenvalue weighted by Gasteiger charge is 2.54. The van der Waals surface area contributed by atoms with Gasteiger partial charge in [0.25, 0.3) is 0 Å². The number of hydrogen-bond acceptors (Lipinski definition) is 11. The molecule has 1 saturated heterocycles. The van der Waals surface area contributed by atoms with E-state index >= 15 is 0 Å². The van der Waals surface area contributed by atoms with Crippen LogP contribution >= 0.6 is 19.5 Å². The summed E-state index contributed by atoms with van der Waals surface area (Å²) in [6, 6.07) is 0. The van der Waals surface area contributed by atoms with Crippen LogP contribution in [0.3, 0.4) is 0 Å². The lowest BCUT2D eigenvalue weighted by molar-refractivity contribution is -0.109. The molecule has 0 bridgehead atoms. The smallest absolute Gasteiger partial charge is 0.387 e. The van der Waals surface area contributed by atoms with Gasteiger partial charge in [-0.3, -0.25) is 18.4 Å². The van der Waals surface area contributed by atoms with Crippen LogP contribution in [0, 0.1) is 6.92 Å². The van der Waals surface area contributed by atoms with Crippen molar-refractivity contribution < 1.29 is 33.4 Å². The molecule has 184 valence electrons. The van der Waals surface area contributed by atoms with E-state index in [0.717, 1.165) is 11.8 Å². The van der Waals surface area contributed by atoms with Gasteiger partial charge in [0, 0.05) is 25.1 Å². The number of aryl methyl sites for hydroxylation is 1. The van der Waals surface area contributed by atoms with Crippen molar-refractivity contribution in [1.29, 1.82) is 0 Å². The molecule has 0 aromatic carbocycles. The normalized spacial score (nSPS) is 27.3. The van der Waals surface area contributed by atoms with Gasteiger partial charge in [0.05, 0.1) is 13.2 Å². The maximum Gasteiger partial charge on any atom is 0.407 e. The average molecular weight is 505 g/mol. The number of thioether (sulfide) groups is 1. The zero-order valence-electron chi connectivity index (χ0n) is 18.9. The topological polar surface area (TPSA) is 158 Å². The molecule has 2 unspecified atom stereocenters. The number of aromatic nitrogens is 4. The first-order chi connectivity index (χ1) is 15.4. The minimum absolute atomic E-state index is 0.0112. The van der Waals surface area contributed by atoms with Gasteiger partial charge in [0.15, 0.2) is 11.3 Å². The summed E-state index contributed by atoms with van der Waals surface area (Å²) in [6.07, 6.45) is -0.680. The molecule has 0 aliphatic carbocycles. The van der Waals surface area contributed by atoms with Crippen molar-refractivity contribution in [1.82, 2.24) is 23.6 Å². The molecule has 0 amide bonds. The fraction of sp³-hybridized carbons (Fsp3) is 0.667. The van der Waals surface area contributed by atoms with Gasteiger partial charge >= 0.3 is 13.4 Å². The van der Waals surface area contributed by atoms with Crippen LogP contribution in [0.1, 0.15) is 25.9 Å². The van der Waals surface area contributed by atoms with Crippen molar-refractivity contribution in [2.24, 2.45) is 0 Å². The van der Waals surface area contributed by atoms with Gasteiger partial charge in [-0.2, -0.15) is 9.97 Å². The Morgan fingerprint density at radius 2 is 2.06 bits per heavy atom. The maximum atomic E-state index is 13.1. The van der Waals surface area contributed by atoms with Gasteiger partial charge in [-0.25, -0.2) is 18.4 Å². The Morgan fingerprint density at radius 3 is 2.70 bits per heavy atom. The van der Waals surface area contributed by atoms with Gasteiger partial charge < -0.3 is 14.9 Å². The molecule has 1 fully saturated rings. The molecular formula is C18H28N5O8PS. The Morgan fingerprint density at radius 1 is 1.36 bits per heavy atom. The predicted molar refractivity (Wildman–Crippen MR) is 119 cm³/mol. The fourth-order valence-corrected chi connectivity index (χ4v) is 5.13. The monoisotopic (exact) mass is 505 g/mol. The van der Waals surface area contributed by atoms with Crippen LogP contribution in [0.4, 0.5) is 0 Å². The highest BCUT2D eigenvalue weighted by Crippen LogP contribution is 2.51. The second-order valence-corrected chi connectivity index (χ2v) is 11.4. The standard InChI is InChI=1S/C18H28N5O8PS/c1-11-19-16-22(6-7-23(16)17(26)20-11)15-18(3,27)14(25)13(31-15)10-30-32(28,21(4)5)29-8-9-33-12(2)24/h6-7,13-15,25,27H,8-10H2,1-5H3/t13-,14+,15-,18?,32?/m1/s1. The van der Waals surface area contributed by atoms with Crippen molar-refractivity contribution >= 4 is 30.4 Å². The fourth-order valence-electron chi connectivity index (χ4n) is 3.35. The zero-order chi connectivity index (χ0) is 24.6. The third-order valence-corrected chi connectivity index (χ3v) is 7.83. The van der Waals surface area contributed by atoms with Gasteiger partial charge in [-0.1, -0.05) is 11.8 Å². The summed E-state index contributed by atoms with van der Waals surface area (Å²) < 4.78 is 33.7. The highest BCUT2D eigenvalue weighted by molar-refractivity contribution is 8.13. The molecule has 33 heavy (non-hydrogen) atoms. The van der Waals surface area contributed by atoms with E-state index < -0.39 is 37.5 Å². The zero-order valence-corrected chi connectivity index (χ0v) is 20.7. The van der Waals surface area contributed by atoms with E-state index in [1.807, 2.05) is 0 Å². The van der Waals surface area contributed by atoms with Crippen LogP contribution < -0.4 is 5.69 Å². The summed E-state index contributed by atoms with van der Waals surface area (Å²) in [5.41, 5.74) is -2.33. The van der Waals surface area contributed by atoms with Gasteiger partial charge in [0.1, 0.15) is 23.6 Å². The van der Waals surface area contributed by atoms with Gasteiger partial charge in [-0.15, -0.1) is 0 Å². The minimum Gasteiger partial charge on any atom is -0.387 e. The largest absolute Gasteiger partial charge is 0.407 e. The van der Waals surface area contributed by atoms with Crippen molar-refractivity contribution in [3.8, 4) is 0 Å². The first kappa shape index (κ1) is 26.0. The van der Waals surface area contributed by atoms with E-state index in [4.69, 9.17) is 13.8 Å². The summed E-state index contributed by atoms with van der Waals surface area (Å²) in [6.45, 7) is 4.02. The molecule has 2 aromatic heterocycles. The Labute approximate surface area is 194 Å². The number of fused-ring (bicyclic) bond motifs is 1. The highest BCUT2D eigenvalue weighted by atomic mass is 32.2. The predicted octanol–water partition coefficient (Wildman–Crippen LogP) is 0.191. The lowest BCUT2D eigenvalue weighted by Crippen LogP contribution is -2.44. The van der Waals surface area contributed by atoms with Gasteiger partial charge in [0.2, 0.25) is 5.78 Å². The number of carbonyl (C=O) groups is 1. The summed E-state index contributed by atoms with van der Waals surface area (Å²) in [4.78, 5) is 31.1. The number of hydrogen-bond donors (Lipinski definition) is 2. The molecule has 0 radical (unpaired) electrons. The lowest BCUT2D eigenvalue weighted by atomic mass is 9.97. The number of ether oxygens (including phenoxy) is 1. The minimum atomic E-state index is -3.74. The van der Waals surface area contributed by atoms with Crippen LogP contribution in [0.5, 0.6) is 0 Å². The third-order valence-electron chi connectivity index (χ3n) is 5.09. The summed E-state index contributed by atoms with van der Waals surface area (Å²) >= 11 is 1.03. The van der Waals surface area contributed by atoms with Crippen LogP contribution in [-0.2, 0) is 23.1 Å². The van der Waals surface area contributed by atoms with E-state index in [-0.39, 0.29) is 29.9 Å². The first-order valence-corrected chi connectivity index (χ1v) is 12.5. The second-order valence-electron chi connectivity index (χ2n) is 7.91. The summed E-state index contributed by atoms with van der Waals surface area (Å²) in [7, 11) is -0.722. The van der Waals surface area contributed by atoms with E-state index in [2.05, 4.69) is 9.97 Å². The molecule has 1 aliphatic heterocycles. The van der Waals surface area contributed by atoms with Crippen molar-refractivity contribution in [3.63, 3.8) is 0 Å². The lowest BCUT2D eigenvalue weighted by Gasteiger charge is -2.27. The molecule has 13 nitrogen and oxygen atoms in total. The third kappa shape index (κ3) is 5.38. The summed E-state index contributed by atoms with van der Waals surface area (Å²) in [5.74, 6) is 0.721. The molecule has 2 N–H and O–H groups in total. The molecule has 3 heterocycles. The Bertz CT molecular complexity index is 1120. The van der Waals surface area contributed by atoms with Crippen molar-refractivity contribution in [2.75, 3.05) is 33.1 Å². The van der Waals surface area contributed by atoms with Crippen LogP contribution in [0.25, 0.3) is 5.78 Å². The van der Waals surface area contributed by atoms with Crippen molar-refractivity contribution in [2.45, 2.75) is 44.8 Å². The Kier molecular flexibility index (Phi) is 7.81. The Balaban J connectivity index is 1.76. The number of aliphatic hydroxyl groups excluding tert-OH is 1. The van der Waals surface area contributed by atoms with E-state index in [1.54, 1.807) is 6.92 Å². The molecule has 0 saturated carbocycles. The van der Waals surface area contributed by atoms with E-state index in [0.29, 0.717) is 5.75 Å². The number of rotatable bonds is 9. The molecular weight excluding hydrogens is 477 g/mol. The molecule has 2 aromatic rings. The van der Waals surface area contributed by atoms with Crippen molar-refractivity contribution in [3.05, 3.63) is 28.7 Å². The molecule has 3 rings (SSSR count). The quantitative estimate of drug-likeness (QED) is 0.353. The average Bonchev–Trinajstić information content (AvgIpc) is 3.22. The number of carbonyl (C=O) groups excluding carboxylic acids is 1. The number of nitrogens with zero attached hydrogens (tertiary/aromatic N) is 5. The summed E-state index contributed by atoms with van der Waals surface area (Å²) in [5, 5.41) is 21.6. The maximum absolute atomic E-state index is 13.1. The van der Waals surface area contributed by atoms with Crippen LogP contribution in [0.15, 0.2) is 17.2 Å². The van der Waals surface area contributed by atoms with Crippen LogP contribution in [-0.4, -0.2) is 89.8 Å². The molecule has 5 atom stereocenters. The Hall–Kier alpha value is -1.64. The molecule has 1 aliphatic rings. The molecule has 15 heteroatoms. The second kappa shape index (κ2) is 9.92. The molecule has 0 spiro atoms. The first-order valence-electron chi connectivity index (χ1n) is 10.1. The van der Waals surface area contributed by atoms with E-state index in [9.17, 15) is 24.4 Å².